The fraction of sp³-hybridized carbons (Fsp3) is 0.455. The summed E-state index contributed by atoms with van der Waals surface area (Å²) in [5.41, 5.74) is 0.304. The molecule has 0 bridgehead atoms. The predicted molar refractivity (Wildman–Crippen MR) is 66.6 cm³/mol. The van der Waals surface area contributed by atoms with Crippen LogP contribution in [0.3, 0.4) is 0 Å². The lowest BCUT2D eigenvalue weighted by atomic mass is 10.2. The van der Waals surface area contributed by atoms with Crippen LogP contribution in [0, 0.1) is 10.1 Å². The Morgan fingerprint density at radius 2 is 1.83 bits per heavy atom. The Morgan fingerprint density at radius 3 is 2.33 bits per heavy atom. The molecule has 1 aromatic carbocycles. The van der Waals surface area contributed by atoms with Crippen molar-refractivity contribution in [3.63, 3.8) is 0 Å². The van der Waals surface area contributed by atoms with Gasteiger partial charge < -0.3 is 19.5 Å². The van der Waals surface area contributed by atoms with Gasteiger partial charge in [-0.25, -0.2) is 0 Å². The fourth-order valence-corrected chi connectivity index (χ4v) is 1.45. The van der Waals surface area contributed by atoms with E-state index in [1.807, 2.05) is 0 Å². The molecule has 0 radical (unpaired) electrons. The van der Waals surface area contributed by atoms with Crippen LogP contribution in [-0.2, 0) is 4.74 Å². The topological polar surface area (TPSA) is 82.9 Å². The smallest absolute Gasteiger partial charge is 0.296 e. The molecule has 0 amide bonds. The third-order valence-electron chi connectivity index (χ3n) is 2.32. The van der Waals surface area contributed by atoms with Crippen LogP contribution in [0.15, 0.2) is 12.1 Å². The second kappa shape index (κ2) is 6.65. The molecule has 0 saturated carbocycles. The summed E-state index contributed by atoms with van der Waals surface area (Å²) >= 11 is 0. The molecular weight excluding hydrogens is 240 g/mol. The van der Waals surface area contributed by atoms with Crippen molar-refractivity contribution in [3.05, 3.63) is 22.2 Å². The summed E-state index contributed by atoms with van der Waals surface area (Å²) in [5.74, 6) is 0.754. The van der Waals surface area contributed by atoms with Gasteiger partial charge in [-0.1, -0.05) is 0 Å². The van der Waals surface area contributed by atoms with Gasteiger partial charge in [0.15, 0.2) is 11.5 Å². The van der Waals surface area contributed by atoms with Gasteiger partial charge >= 0.3 is 0 Å². The maximum atomic E-state index is 11.0. The molecule has 100 valence electrons. The lowest BCUT2D eigenvalue weighted by Crippen LogP contribution is -2.09. The molecule has 0 heterocycles. The van der Waals surface area contributed by atoms with Gasteiger partial charge in [0.05, 0.1) is 31.8 Å². The third kappa shape index (κ3) is 3.24. The Morgan fingerprint density at radius 1 is 1.22 bits per heavy atom. The monoisotopic (exact) mass is 256 g/mol. The summed E-state index contributed by atoms with van der Waals surface area (Å²) in [7, 11) is 4.47. The number of methoxy groups -OCH3 is 3. The van der Waals surface area contributed by atoms with E-state index in [0.717, 1.165) is 0 Å². The van der Waals surface area contributed by atoms with Gasteiger partial charge in [-0.05, 0) is 0 Å². The highest BCUT2D eigenvalue weighted by Gasteiger charge is 2.19. The maximum Gasteiger partial charge on any atom is 0.296 e. The van der Waals surface area contributed by atoms with Crippen LogP contribution < -0.4 is 14.8 Å². The molecule has 0 unspecified atom stereocenters. The highest BCUT2D eigenvalue weighted by Crippen LogP contribution is 2.37. The Kier molecular flexibility index (Phi) is 5.19. The summed E-state index contributed by atoms with van der Waals surface area (Å²) in [5, 5.41) is 13.9. The number of benzene rings is 1. The molecule has 7 nitrogen and oxygen atoms in total. The van der Waals surface area contributed by atoms with E-state index in [4.69, 9.17) is 14.2 Å². The van der Waals surface area contributed by atoms with Crippen molar-refractivity contribution in [1.29, 1.82) is 0 Å². The first kappa shape index (κ1) is 14.0. The molecule has 0 fully saturated rings. The molecule has 1 aromatic rings. The zero-order valence-electron chi connectivity index (χ0n) is 10.6. The second-order valence-electron chi connectivity index (χ2n) is 3.40. The fourth-order valence-electron chi connectivity index (χ4n) is 1.45. The van der Waals surface area contributed by atoms with Crippen molar-refractivity contribution in [2.75, 3.05) is 39.8 Å². The largest absolute Gasteiger partial charge is 0.493 e. The van der Waals surface area contributed by atoms with E-state index in [9.17, 15) is 10.1 Å². The number of ether oxygens (including phenoxy) is 3. The van der Waals surface area contributed by atoms with Gasteiger partial charge in [-0.15, -0.1) is 0 Å². The van der Waals surface area contributed by atoms with Crippen molar-refractivity contribution in [3.8, 4) is 11.5 Å². The van der Waals surface area contributed by atoms with Gasteiger partial charge in [0.2, 0.25) is 0 Å². The Labute approximate surface area is 105 Å². The molecule has 1 N–H and O–H groups in total. The van der Waals surface area contributed by atoms with Gasteiger partial charge in [-0.2, -0.15) is 0 Å². The molecular formula is C11H16N2O5. The first-order chi connectivity index (χ1) is 8.63. The van der Waals surface area contributed by atoms with Gasteiger partial charge in [0.1, 0.15) is 5.69 Å². The molecule has 0 aliphatic heterocycles. The number of anilines is 1. The van der Waals surface area contributed by atoms with Crippen molar-refractivity contribution in [2.45, 2.75) is 0 Å². The Balaban J connectivity index is 3.08. The second-order valence-corrected chi connectivity index (χ2v) is 3.40. The lowest BCUT2D eigenvalue weighted by Gasteiger charge is -2.11. The van der Waals surface area contributed by atoms with Crippen LogP contribution in [0.4, 0.5) is 11.4 Å². The lowest BCUT2D eigenvalue weighted by molar-refractivity contribution is -0.384. The number of nitro benzene ring substituents is 1. The molecule has 7 heteroatoms. The predicted octanol–water partition coefficient (Wildman–Crippen LogP) is 1.67. The highest BCUT2D eigenvalue weighted by molar-refractivity contribution is 5.68. The molecule has 1 rings (SSSR count). The van der Waals surface area contributed by atoms with Gasteiger partial charge in [-0.3, -0.25) is 10.1 Å². The van der Waals surface area contributed by atoms with Gasteiger partial charge in [0, 0.05) is 19.7 Å². The summed E-state index contributed by atoms with van der Waals surface area (Å²) in [6.07, 6.45) is 0. The van der Waals surface area contributed by atoms with Gasteiger partial charge in [0.25, 0.3) is 5.69 Å². The standard InChI is InChI=1S/C11H16N2O5/c1-16-5-4-12-8-6-10(17-2)11(18-3)7-9(8)13(14)15/h6-7,12H,4-5H2,1-3H3. The number of nitrogens with one attached hydrogen (secondary N) is 1. The van der Waals surface area contributed by atoms with E-state index in [-0.39, 0.29) is 5.69 Å². The van der Waals surface area contributed by atoms with Crippen LogP contribution in [0.5, 0.6) is 11.5 Å². The number of nitrogens with zero attached hydrogens (tertiary/aromatic N) is 1. The van der Waals surface area contributed by atoms with Crippen molar-refractivity contribution in [1.82, 2.24) is 0 Å². The molecule has 0 aliphatic carbocycles. The van der Waals surface area contributed by atoms with Crippen molar-refractivity contribution >= 4 is 11.4 Å². The summed E-state index contributed by atoms with van der Waals surface area (Å²) < 4.78 is 15.0. The average molecular weight is 256 g/mol. The minimum Gasteiger partial charge on any atom is -0.493 e. The number of hydrogen-bond acceptors (Lipinski definition) is 6. The number of rotatable bonds is 7. The maximum absolute atomic E-state index is 11.0. The van der Waals surface area contributed by atoms with E-state index < -0.39 is 4.92 Å². The van der Waals surface area contributed by atoms with Crippen molar-refractivity contribution in [2.24, 2.45) is 0 Å². The zero-order chi connectivity index (χ0) is 13.5. The molecule has 0 aliphatic rings. The quantitative estimate of drug-likeness (QED) is 0.454. The average Bonchev–Trinajstić information content (AvgIpc) is 2.38. The van der Waals surface area contributed by atoms with E-state index >= 15 is 0 Å². The molecule has 0 saturated heterocycles. The first-order valence-electron chi connectivity index (χ1n) is 5.27. The number of hydrogen-bond donors (Lipinski definition) is 1. The van der Waals surface area contributed by atoms with E-state index in [0.29, 0.717) is 30.3 Å². The van der Waals surface area contributed by atoms with Crippen LogP contribution in [0.2, 0.25) is 0 Å². The van der Waals surface area contributed by atoms with Crippen LogP contribution in [-0.4, -0.2) is 39.4 Å². The van der Waals surface area contributed by atoms with E-state index in [2.05, 4.69) is 5.32 Å². The first-order valence-corrected chi connectivity index (χ1v) is 5.27. The third-order valence-corrected chi connectivity index (χ3v) is 2.32. The normalized spacial score (nSPS) is 9.94. The Hall–Kier alpha value is -2.02. The molecule has 0 spiro atoms. The minimum absolute atomic E-state index is 0.0660. The van der Waals surface area contributed by atoms with E-state index in [1.54, 1.807) is 7.11 Å². The minimum atomic E-state index is -0.475. The van der Waals surface area contributed by atoms with E-state index in [1.165, 1.54) is 26.4 Å². The molecule has 0 atom stereocenters. The SMILES string of the molecule is COCCNc1cc(OC)c(OC)cc1[N+](=O)[O-]. The number of nitro groups is 1. The summed E-state index contributed by atoms with van der Waals surface area (Å²) in [4.78, 5) is 10.5. The summed E-state index contributed by atoms with van der Waals surface area (Å²) in [6.45, 7) is 0.915. The van der Waals surface area contributed by atoms with Crippen LogP contribution >= 0.6 is 0 Å². The highest BCUT2D eigenvalue weighted by atomic mass is 16.6. The molecule has 0 aromatic heterocycles. The van der Waals surface area contributed by atoms with Crippen LogP contribution in [0.25, 0.3) is 0 Å². The molecule has 18 heavy (non-hydrogen) atoms. The van der Waals surface area contributed by atoms with Crippen LogP contribution in [0.1, 0.15) is 0 Å². The Bertz CT molecular complexity index is 422. The summed E-state index contributed by atoms with van der Waals surface area (Å²) in [6, 6.07) is 2.86. The zero-order valence-corrected chi connectivity index (χ0v) is 10.6. The van der Waals surface area contributed by atoms with Crippen molar-refractivity contribution < 1.29 is 19.1 Å².